The summed E-state index contributed by atoms with van der Waals surface area (Å²) >= 11 is 0. The average molecular weight is 207 g/mol. The quantitative estimate of drug-likeness (QED) is 0.545. The summed E-state index contributed by atoms with van der Waals surface area (Å²) in [5.74, 6) is 0. The van der Waals surface area contributed by atoms with E-state index in [-0.39, 0.29) is 5.56 Å². The monoisotopic (exact) mass is 207 g/mol. The Morgan fingerprint density at radius 2 is 1.86 bits per heavy atom. The summed E-state index contributed by atoms with van der Waals surface area (Å²) in [6.07, 6.45) is -4.46. The molecule has 1 heterocycles. The fourth-order valence-corrected chi connectivity index (χ4v) is 1.06. The molecule has 0 bridgehead atoms. The maximum Gasteiger partial charge on any atom is 0.418 e. The molecule has 1 aromatic rings. The highest BCUT2D eigenvalue weighted by molar-refractivity contribution is 5.13. The lowest BCUT2D eigenvalue weighted by atomic mass is 10.1. The molecule has 0 aliphatic rings. The van der Waals surface area contributed by atoms with Crippen molar-refractivity contribution in [2.75, 3.05) is 7.11 Å². The Balaban J connectivity index is 2.96. The molecule has 1 rings (SSSR count). The Hall–Kier alpha value is -1.30. The molecule has 0 amide bonds. The van der Waals surface area contributed by atoms with Crippen molar-refractivity contribution in [3.8, 4) is 0 Å². The van der Waals surface area contributed by atoms with Crippen molar-refractivity contribution in [1.29, 1.82) is 0 Å². The van der Waals surface area contributed by atoms with Gasteiger partial charge in [-0.1, -0.05) is 0 Å². The van der Waals surface area contributed by atoms with Crippen LogP contribution in [0.1, 0.15) is 11.7 Å². The van der Waals surface area contributed by atoms with E-state index in [1.165, 1.54) is 0 Å². The highest BCUT2D eigenvalue weighted by Crippen LogP contribution is 2.34. The third kappa shape index (κ3) is 2.35. The van der Waals surface area contributed by atoms with Crippen molar-refractivity contribution in [3.05, 3.63) is 35.3 Å². The van der Waals surface area contributed by atoms with Crippen molar-refractivity contribution < 1.29 is 22.6 Å². The van der Waals surface area contributed by atoms with Crippen LogP contribution < -0.4 is 4.73 Å². The van der Waals surface area contributed by atoms with Gasteiger partial charge in [0, 0.05) is 24.8 Å². The van der Waals surface area contributed by atoms with Gasteiger partial charge in [-0.05, 0) is 0 Å². The molecule has 3 nitrogen and oxygen atoms in total. The van der Waals surface area contributed by atoms with Crippen molar-refractivity contribution in [1.82, 2.24) is 0 Å². The van der Waals surface area contributed by atoms with Gasteiger partial charge in [-0.3, -0.25) is 0 Å². The standard InChI is InChI=1S/C8H8F3NO2/c1-14-7(8(9,10)11)6-2-4-12(13)5-3-6/h2-5,7H,1H3. The Kier molecular flexibility index (Phi) is 2.95. The number of alkyl halides is 3. The maximum atomic E-state index is 12.3. The molecule has 0 radical (unpaired) electrons. The van der Waals surface area contributed by atoms with E-state index in [0.29, 0.717) is 4.73 Å². The number of halogens is 3. The SMILES string of the molecule is COC(c1cc[n+]([O-])cc1)C(F)(F)F. The van der Waals surface area contributed by atoms with Crippen LogP contribution in [0.25, 0.3) is 0 Å². The van der Waals surface area contributed by atoms with Gasteiger partial charge in [0.15, 0.2) is 18.5 Å². The maximum absolute atomic E-state index is 12.3. The van der Waals surface area contributed by atoms with Gasteiger partial charge in [-0.25, -0.2) is 0 Å². The zero-order valence-corrected chi connectivity index (χ0v) is 7.28. The van der Waals surface area contributed by atoms with Gasteiger partial charge in [0.05, 0.1) is 0 Å². The van der Waals surface area contributed by atoms with Crippen LogP contribution in [0, 0.1) is 5.21 Å². The molecule has 0 N–H and O–H groups in total. The van der Waals surface area contributed by atoms with Crippen molar-refractivity contribution >= 4 is 0 Å². The molecule has 0 saturated carbocycles. The number of rotatable bonds is 2. The van der Waals surface area contributed by atoms with Gasteiger partial charge in [0.25, 0.3) is 0 Å². The van der Waals surface area contributed by atoms with Gasteiger partial charge in [0.2, 0.25) is 0 Å². The Morgan fingerprint density at radius 3 is 2.21 bits per heavy atom. The van der Waals surface area contributed by atoms with E-state index >= 15 is 0 Å². The zero-order valence-electron chi connectivity index (χ0n) is 7.28. The second-order valence-electron chi connectivity index (χ2n) is 2.65. The van der Waals surface area contributed by atoms with Gasteiger partial charge < -0.3 is 9.94 Å². The Labute approximate surface area is 78.3 Å². The van der Waals surface area contributed by atoms with E-state index in [2.05, 4.69) is 4.74 Å². The molecule has 78 valence electrons. The molecule has 0 aliphatic carbocycles. The molecule has 1 atom stereocenters. The highest BCUT2D eigenvalue weighted by atomic mass is 19.4. The van der Waals surface area contributed by atoms with E-state index in [1.54, 1.807) is 0 Å². The number of methoxy groups -OCH3 is 1. The first-order chi connectivity index (χ1) is 6.45. The Morgan fingerprint density at radius 1 is 1.36 bits per heavy atom. The van der Waals surface area contributed by atoms with Crippen LogP contribution in [0.4, 0.5) is 13.2 Å². The summed E-state index contributed by atoms with van der Waals surface area (Å²) in [4.78, 5) is 0. The molecule has 0 aromatic carbocycles. The number of aromatic nitrogens is 1. The van der Waals surface area contributed by atoms with Gasteiger partial charge in [0.1, 0.15) is 0 Å². The third-order valence-electron chi connectivity index (χ3n) is 1.66. The molecule has 0 spiro atoms. The zero-order chi connectivity index (χ0) is 10.8. The third-order valence-corrected chi connectivity index (χ3v) is 1.66. The van der Waals surface area contributed by atoms with Crippen LogP contribution in [0.15, 0.2) is 24.5 Å². The fourth-order valence-electron chi connectivity index (χ4n) is 1.06. The van der Waals surface area contributed by atoms with Gasteiger partial charge >= 0.3 is 6.18 Å². The summed E-state index contributed by atoms with van der Waals surface area (Å²) < 4.78 is 41.6. The molecule has 14 heavy (non-hydrogen) atoms. The van der Waals surface area contributed by atoms with E-state index in [1.807, 2.05) is 0 Å². The van der Waals surface area contributed by atoms with Crippen LogP contribution in [-0.4, -0.2) is 13.3 Å². The summed E-state index contributed by atoms with van der Waals surface area (Å²) in [7, 11) is 0.969. The van der Waals surface area contributed by atoms with Crippen LogP contribution in [0.5, 0.6) is 0 Å². The average Bonchev–Trinajstić information content (AvgIpc) is 2.07. The summed E-state index contributed by atoms with van der Waals surface area (Å²) in [6, 6.07) is 2.16. The van der Waals surface area contributed by atoms with Crippen molar-refractivity contribution in [2.45, 2.75) is 12.3 Å². The number of hydrogen-bond acceptors (Lipinski definition) is 2. The van der Waals surface area contributed by atoms with Crippen LogP contribution >= 0.6 is 0 Å². The van der Waals surface area contributed by atoms with E-state index in [0.717, 1.165) is 31.6 Å². The summed E-state index contributed by atoms with van der Waals surface area (Å²) in [6.45, 7) is 0. The largest absolute Gasteiger partial charge is 0.619 e. The number of hydrogen-bond donors (Lipinski definition) is 0. The number of nitrogens with zero attached hydrogens (tertiary/aromatic N) is 1. The van der Waals surface area contributed by atoms with Crippen molar-refractivity contribution in [2.24, 2.45) is 0 Å². The molecule has 1 aromatic heterocycles. The fraction of sp³-hybridized carbons (Fsp3) is 0.375. The topological polar surface area (TPSA) is 36.2 Å². The van der Waals surface area contributed by atoms with E-state index in [9.17, 15) is 18.4 Å². The molecule has 1 unspecified atom stereocenters. The molecular weight excluding hydrogens is 199 g/mol. The first-order valence-corrected chi connectivity index (χ1v) is 3.73. The number of pyridine rings is 1. The second kappa shape index (κ2) is 3.83. The second-order valence-corrected chi connectivity index (χ2v) is 2.65. The van der Waals surface area contributed by atoms with Crippen LogP contribution in [0.3, 0.4) is 0 Å². The van der Waals surface area contributed by atoms with Crippen molar-refractivity contribution in [3.63, 3.8) is 0 Å². The molecular formula is C8H8F3NO2. The van der Waals surface area contributed by atoms with E-state index < -0.39 is 12.3 Å². The lowest BCUT2D eigenvalue weighted by Gasteiger charge is -2.18. The predicted octanol–water partition coefficient (Wildman–Crippen LogP) is 1.57. The first kappa shape index (κ1) is 10.8. The molecule has 0 aliphatic heterocycles. The normalized spacial score (nSPS) is 14.0. The molecule has 0 saturated heterocycles. The summed E-state index contributed by atoms with van der Waals surface area (Å²) in [5, 5.41) is 10.6. The predicted molar refractivity (Wildman–Crippen MR) is 41.2 cm³/mol. The Bertz CT molecular complexity index is 296. The number of ether oxygens (including phenoxy) is 1. The highest BCUT2D eigenvalue weighted by Gasteiger charge is 2.41. The lowest BCUT2D eigenvalue weighted by molar-refractivity contribution is -0.605. The summed E-state index contributed by atoms with van der Waals surface area (Å²) in [5.41, 5.74) is -0.0906. The lowest BCUT2D eigenvalue weighted by Crippen LogP contribution is -2.27. The van der Waals surface area contributed by atoms with Crippen LogP contribution in [-0.2, 0) is 4.74 Å². The minimum atomic E-state index is -4.47. The van der Waals surface area contributed by atoms with E-state index in [4.69, 9.17) is 0 Å². The molecule has 0 fully saturated rings. The van der Waals surface area contributed by atoms with Gasteiger partial charge in [-0.15, -0.1) is 0 Å². The smallest absolute Gasteiger partial charge is 0.418 e. The first-order valence-electron chi connectivity index (χ1n) is 3.73. The minimum Gasteiger partial charge on any atom is -0.619 e. The van der Waals surface area contributed by atoms with Gasteiger partial charge in [-0.2, -0.15) is 17.9 Å². The minimum absolute atomic E-state index is 0.0906. The van der Waals surface area contributed by atoms with Crippen LogP contribution in [0.2, 0.25) is 0 Å². The molecule has 6 heteroatoms.